The van der Waals surface area contributed by atoms with Crippen molar-refractivity contribution in [1.29, 1.82) is 0 Å². The molecule has 3 aliphatic carbocycles. The summed E-state index contributed by atoms with van der Waals surface area (Å²) in [5, 5.41) is 14.6. The number of amides is 1. The summed E-state index contributed by atoms with van der Waals surface area (Å²) in [6.07, 6.45) is 11.2. The Hall–Kier alpha value is -2.55. The third-order valence-electron chi connectivity index (χ3n) is 7.71. The van der Waals surface area contributed by atoms with Crippen LogP contribution in [-0.4, -0.2) is 44.8 Å². The lowest BCUT2D eigenvalue weighted by atomic mass is 9.88. The topological polar surface area (TPSA) is 106 Å². The lowest BCUT2D eigenvalue weighted by Crippen LogP contribution is -2.26. The first-order chi connectivity index (χ1) is 16.5. The second-order valence-corrected chi connectivity index (χ2v) is 11.6. The molecule has 1 amide bonds. The van der Waals surface area contributed by atoms with E-state index in [1.807, 2.05) is 0 Å². The normalized spacial score (nSPS) is 24.1. The highest BCUT2D eigenvalue weighted by Crippen LogP contribution is 2.42. The van der Waals surface area contributed by atoms with Crippen molar-refractivity contribution < 1.29 is 14.4 Å². The van der Waals surface area contributed by atoms with Crippen LogP contribution in [0.5, 0.6) is 0 Å². The standard InChI is InChI=1S/C25H31N5O3S/c31-19(7-3-14-1-2-14)24-18-10-17(6-8-21(18)34-22(24)11-20(32)15-4-5-15)30-13-27-29-25(30)28-16-9-23(33)26-12-16/h13-17H,1-12H2,(H,26,33)(H,28,29)/t16?,17-/m0/s1. The minimum absolute atomic E-state index is 0.00958. The zero-order valence-electron chi connectivity index (χ0n) is 19.3. The molecule has 2 saturated carbocycles. The molecule has 1 saturated heterocycles. The summed E-state index contributed by atoms with van der Waals surface area (Å²) < 4.78 is 2.07. The van der Waals surface area contributed by atoms with E-state index >= 15 is 0 Å². The highest BCUT2D eigenvalue weighted by Gasteiger charge is 2.35. The summed E-state index contributed by atoms with van der Waals surface area (Å²) in [5.41, 5.74) is 2.01. The Labute approximate surface area is 202 Å². The van der Waals surface area contributed by atoms with Crippen LogP contribution in [0, 0.1) is 11.8 Å². The second-order valence-electron chi connectivity index (χ2n) is 10.4. The Bertz CT molecular complexity index is 1130. The summed E-state index contributed by atoms with van der Waals surface area (Å²) in [6, 6.07) is 0.155. The van der Waals surface area contributed by atoms with Crippen LogP contribution in [-0.2, 0) is 28.9 Å². The van der Waals surface area contributed by atoms with E-state index in [9.17, 15) is 14.4 Å². The maximum Gasteiger partial charge on any atom is 0.224 e. The highest BCUT2D eigenvalue weighted by molar-refractivity contribution is 7.12. The fourth-order valence-corrected chi connectivity index (χ4v) is 6.76. The van der Waals surface area contributed by atoms with Gasteiger partial charge in [-0.05, 0) is 50.0 Å². The predicted molar refractivity (Wildman–Crippen MR) is 128 cm³/mol. The van der Waals surface area contributed by atoms with Crippen LogP contribution in [0.1, 0.15) is 83.1 Å². The summed E-state index contributed by atoms with van der Waals surface area (Å²) in [5.74, 6) is 2.18. The number of hydrogen-bond donors (Lipinski definition) is 2. The van der Waals surface area contributed by atoms with Gasteiger partial charge in [-0.1, -0.05) is 12.8 Å². The van der Waals surface area contributed by atoms with E-state index in [0.717, 1.165) is 54.5 Å². The predicted octanol–water partition coefficient (Wildman–Crippen LogP) is 3.26. The van der Waals surface area contributed by atoms with Crippen LogP contribution >= 0.6 is 11.3 Å². The average molecular weight is 482 g/mol. The van der Waals surface area contributed by atoms with Crippen molar-refractivity contribution in [2.45, 2.75) is 82.7 Å². The molecule has 34 heavy (non-hydrogen) atoms. The quantitative estimate of drug-likeness (QED) is 0.505. The van der Waals surface area contributed by atoms with E-state index in [2.05, 4.69) is 25.4 Å². The fraction of sp³-hybridized carbons (Fsp3) is 0.640. The third-order valence-corrected chi connectivity index (χ3v) is 9.00. The number of ketones is 2. The van der Waals surface area contributed by atoms with E-state index in [0.29, 0.717) is 43.5 Å². The monoisotopic (exact) mass is 481 g/mol. The lowest BCUT2D eigenvalue weighted by molar-refractivity contribution is -0.120. The summed E-state index contributed by atoms with van der Waals surface area (Å²) in [6.45, 7) is 0.586. The molecule has 1 unspecified atom stereocenters. The summed E-state index contributed by atoms with van der Waals surface area (Å²) >= 11 is 1.70. The van der Waals surface area contributed by atoms with Crippen molar-refractivity contribution in [3.63, 3.8) is 0 Å². The number of fused-ring (bicyclic) bond motifs is 1. The summed E-state index contributed by atoms with van der Waals surface area (Å²) in [4.78, 5) is 39.9. The van der Waals surface area contributed by atoms with Gasteiger partial charge in [-0.3, -0.25) is 19.0 Å². The van der Waals surface area contributed by atoms with Crippen molar-refractivity contribution in [1.82, 2.24) is 20.1 Å². The molecule has 9 heteroatoms. The van der Waals surface area contributed by atoms with Crippen LogP contribution < -0.4 is 10.6 Å². The Morgan fingerprint density at radius 2 is 2.03 bits per heavy atom. The average Bonchev–Trinajstić information content (AvgIpc) is 3.73. The first kappa shape index (κ1) is 21.9. The Morgan fingerprint density at radius 3 is 2.76 bits per heavy atom. The molecule has 2 atom stereocenters. The van der Waals surface area contributed by atoms with Crippen LogP contribution in [0.25, 0.3) is 0 Å². The summed E-state index contributed by atoms with van der Waals surface area (Å²) in [7, 11) is 0. The van der Waals surface area contributed by atoms with Crippen molar-refractivity contribution in [3.05, 3.63) is 27.2 Å². The molecule has 3 heterocycles. The number of anilines is 1. The first-order valence-corrected chi connectivity index (χ1v) is 13.5. The molecule has 2 aromatic heterocycles. The van der Waals surface area contributed by atoms with Gasteiger partial charge in [0.1, 0.15) is 12.1 Å². The molecule has 8 nitrogen and oxygen atoms in total. The number of rotatable bonds is 10. The molecular formula is C25H31N5O3S. The molecule has 2 N–H and O–H groups in total. The van der Waals surface area contributed by atoms with E-state index in [1.54, 1.807) is 17.7 Å². The SMILES string of the molecule is O=C1CC(Nc2nncn2[C@H]2CCc3sc(CC(=O)C4CC4)c(C(=O)CCC4CC4)c3C2)CN1. The molecule has 6 rings (SSSR count). The third kappa shape index (κ3) is 4.54. The Kier molecular flexibility index (Phi) is 5.75. The molecular weight excluding hydrogens is 450 g/mol. The minimum atomic E-state index is 0.00958. The highest BCUT2D eigenvalue weighted by atomic mass is 32.1. The van der Waals surface area contributed by atoms with E-state index in [4.69, 9.17) is 0 Å². The van der Waals surface area contributed by atoms with Gasteiger partial charge >= 0.3 is 0 Å². The van der Waals surface area contributed by atoms with Gasteiger partial charge in [0.2, 0.25) is 11.9 Å². The van der Waals surface area contributed by atoms with Crippen LogP contribution in [0.2, 0.25) is 0 Å². The van der Waals surface area contributed by atoms with Crippen molar-refractivity contribution >= 4 is 34.8 Å². The number of aromatic nitrogens is 3. The van der Waals surface area contributed by atoms with Crippen LogP contribution in [0.4, 0.5) is 5.95 Å². The fourth-order valence-electron chi connectivity index (χ4n) is 5.39. The molecule has 0 bridgehead atoms. The second kappa shape index (κ2) is 8.91. The molecule has 4 aliphatic rings. The van der Waals surface area contributed by atoms with Gasteiger partial charge in [-0.2, -0.15) is 0 Å². The molecule has 0 radical (unpaired) electrons. The molecule has 0 aromatic carbocycles. The smallest absolute Gasteiger partial charge is 0.224 e. The van der Waals surface area contributed by atoms with Gasteiger partial charge in [0, 0.05) is 53.1 Å². The Morgan fingerprint density at radius 1 is 1.18 bits per heavy atom. The van der Waals surface area contributed by atoms with Crippen LogP contribution in [0.15, 0.2) is 6.33 Å². The number of nitrogens with zero attached hydrogens (tertiary/aromatic N) is 3. The molecule has 2 aromatic rings. The Balaban J connectivity index is 1.25. The van der Waals surface area contributed by atoms with Gasteiger partial charge in [-0.25, -0.2) is 0 Å². The van der Waals surface area contributed by atoms with Crippen molar-refractivity contribution in [3.8, 4) is 0 Å². The van der Waals surface area contributed by atoms with Gasteiger partial charge in [0.25, 0.3) is 0 Å². The van der Waals surface area contributed by atoms with Gasteiger partial charge in [0.15, 0.2) is 5.78 Å². The number of nitrogens with one attached hydrogen (secondary N) is 2. The van der Waals surface area contributed by atoms with Crippen molar-refractivity contribution in [2.24, 2.45) is 11.8 Å². The van der Waals surface area contributed by atoms with Gasteiger partial charge in [0.05, 0.1) is 6.04 Å². The number of carbonyl (C=O) groups excluding carboxylic acids is 3. The number of carbonyl (C=O) groups is 3. The van der Waals surface area contributed by atoms with Gasteiger partial charge < -0.3 is 10.6 Å². The maximum absolute atomic E-state index is 13.4. The van der Waals surface area contributed by atoms with E-state index < -0.39 is 0 Å². The molecule has 1 aliphatic heterocycles. The van der Waals surface area contributed by atoms with Gasteiger partial charge in [-0.15, -0.1) is 21.5 Å². The van der Waals surface area contributed by atoms with Crippen LogP contribution in [0.3, 0.4) is 0 Å². The largest absolute Gasteiger partial charge is 0.354 e. The minimum Gasteiger partial charge on any atom is -0.354 e. The molecule has 180 valence electrons. The van der Waals surface area contributed by atoms with Crippen molar-refractivity contribution in [2.75, 3.05) is 11.9 Å². The number of Topliss-reactive ketones (excluding diaryl/α,β-unsaturated/α-hetero) is 2. The first-order valence-electron chi connectivity index (χ1n) is 12.7. The zero-order valence-corrected chi connectivity index (χ0v) is 20.2. The maximum atomic E-state index is 13.4. The zero-order chi connectivity index (χ0) is 23.2. The molecule has 3 fully saturated rings. The number of hydrogen-bond acceptors (Lipinski definition) is 7. The van der Waals surface area contributed by atoms with E-state index in [-0.39, 0.29) is 29.7 Å². The molecule has 0 spiro atoms. The number of thiophene rings is 1. The number of aryl methyl sites for hydroxylation is 1. The van der Waals surface area contributed by atoms with E-state index in [1.165, 1.54) is 17.7 Å². The lowest BCUT2D eigenvalue weighted by Gasteiger charge is -2.26.